The predicted octanol–water partition coefficient (Wildman–Crippen LogP) is 2.35. The van der Waals surface area contributed by atoms with E-state index >= 15 is 0 Å². The molecule has 6 nitrogen and oxygen atoms in total. The van der Waals surface area contributed by atoms with Crippen molar-refractivity contribution >= 4 is 6.09 Å². The van der Waals surface area contributed by atoms with Crippen LogP contribution in [-0.2, 0) is 11.3 Å². The van der Waals surface area contributed by atoms with Crippen LogP contribution >= 0.6 is 0 Å². The zero-order valence-corrected chi connectivity index (χ0v) is 16.1. The van der Waals surface area contributed by atoms with E-state index in [2.05, 4.69) is 47.9 Å². The Balaban J connectivity index is 1.77. The molecule has 1 N–H and O–H groups in total. The fourth-order valence-electron chi connectivity index (χ4n) is 4.04. The van der Waals surface area contributed by atoms with Crippen molar-refractivity contribution in [1.29, 1.82) is 0 Å². The Labute approximate surface area is 156 Å². The lowest BCUT2D eigenvalue weighted by atomic mass is 9.99. The lowest BCUT2D eigenvalue weighted by Gasteiger charge is -2.49. The molecule has 6 heteroatoms. The smallest absolute Gasteiger partial charge is 0.407 e. The van der Waals surface area contributed by atoms with Crippen molar-refractivity contribution in [2.24, 2.45) is 0 Å². The molecule has 2 heterocycles. The molecule has 2 saturated heterocycles. The Hall–Kier alpha value is -1.63. The fourth-order valence-corrected chi connectivity index (χ4v) is 4.04. The molecular formula is C20H31N3O3. The van der Waals surface area contributed by atoms with Crippen LogP contribution in [0.25, 0.3) is 0 Å². The van der Waals surface area contributed by atoms with Crippen molar-refractivity contribution in [1.82, 2.24) is 14.7 Å². The van der Waals surface area contributed by atoms with Crippen LogP contribution in [0.3, 0.4) is 0 Å². The third-order valence-electron chi connectivity index (χ3n) is 5.68. The maximum absolute atomic E-state index is 11.7. The second kappa shape index (κ2) is 7.94. The standard InChI is InChI=1S/C20H31N3O3/c1-16-11-21(12-17-7-5-4-6-8-17)18(14-23(16)19(24)25)13-22-9-10-26-15-20(22,2)3/h4-8,16,18H,9-15H2,1-3H3,(H,24,25)/t16-,18+/m1/s1. The van der Waals surface area contributed by atoms with Gasteiger partial charge in [-0.05, 0) is 26.3 Å². The van der Waals surface area contributed by atoms with Crippen molar-refractivity contribution < 1.29 is 14.6 Å². The number of hydrogen-bond donors (Lipinski definition) is 1. The molecule has 1 amide bonds. The second-order valence-electron chi connectivity index (χ2n) is 8.16. The first kappa shape index (κ1) is 19.1. The maximum Gasteiger partial charge on any atom is 0.407 e. The summed E-state index contributed by atoms with van der Waals surface area (Å²) < 4.78 is 5.64. The Morgan fingerprint density at radius 3 is 2.65 bits per heavy atom. The Kier molecular flexibility index (Phi) is 5.85. The summed E-state index contributed by atoms with van der Waals surface area (Å²) in [5, 5.41) is 9.58. The third kappa shape index (κ3) is 4.37. The van der Waals surface area contributed by atoms with Crippen LogP contribution in [0.4, 0.5) is 4.79 Å². The first-order chi connectivity index (χ1) is 12.4. The molecule has 0 radical (unpaired) electrons. The van der Waals surface area contributed by atoms with Crippen molar-refractivity contribution in [3.63, 3.8) is 0 Å². The molecule has 1 aromatic rings. The summed E-state index contributed by atoms with van der Waals surface area (Å²) in [7, 11) is 0. The van der Waals surface area contributed by atoms with E-state index in [0.29, 0.717) is 6.54 Å². The Morgan fingerprint density at radius 2 is 2.00 bits per heavy atom. The third-order valence-corrected chi connectivity index (χ3v) is 5.68. The SMILES string of the molecule is C[C@@H]1CN(Cc2ccccc2)[C@@H](CN2CCOCC2(C)C)CN1C(=O)O. The molecule has 2 atom stereocenters. The Bertz CT molecular complexity index is 608. The van der Waals surface area contributed by atoms with Crippen LogP contribution in [0, 0.1) is 0 Å². The van der Waals surface area contributed by atoms with E-state index in [1.54, 1.807) is 4.90 Å². The average molecular weight is 361 g/mol. The summed E-state index contributed by atoms with van der Waals surface area (Å²) in [6.07, 6.45) is -0.817. The molecule has 144 valence electrons. The molecule has 3 rings (SSSR count). The van der Waals surface area contributed by atoms with Crippen molar-refractivity contribution in [2.45, 2.75) is 44.9 Å². The molecule has 0 unspecified atom stereocenters. The van der Waals surface area contributed by atoms with Gasteiger partial charge in [-0.3, -0.25) is 9.80 Å². The number of morpholine rings is 1. The lowest BCUT2D eigenvalue weighted by molar-refractivity contribution is -0.0708. The zero-order chi connectivity index (χ0) is 18.7. The highest BCUT2D eigenvalue weighted by Crippen LogP contribution is 2.24. The molecule has 26 heavy (non-hydrogen) atoms. The van der Waals surface area contributed by atoms with Gasteiger partial charge in [-0.15, -0.1) is 0 Å². The summed E-state index contributed by atoms with van der Waals surface area (Å²) >= 11 is 0. The number of piperazine rings is 1. The monoisotopic (exact) mass is 361 g/mol. The number of nitrogens with zero attached hydrogens (tertiary/aromatic N) is 3. The average Bonchev–Trinajstić information content (AvgIpc) is 2.59. The maximum atomic E-state index is 11.7. The number of amides is 1. The highest BCUT2D eigenvalue weighted by atomic mass is 16.5. The normalized spacial score (nSPS) is 27.4. The number of carbonyl (C=O) groups is 1. The minimum atomic E-state index is -0.817. The minimum absolute atomic E-state index is 0.00478. The highest BCUT2D eigenvalue weighted by Gasteiger charge is 2.38. The van der Waals surface area contributed by atoms with Gasteiger partial charge in [0.2, 0.25) is 0 Å². The molecule has 1 aromatic carbocycles. The van der Waals surface area contributed by atoms with Gasteiger partial charge in [0.05, 0.1) is 13.2 Å². The van der Waals surface area contributed by atoms with Gasteiger partial charge in [-0.1, -0.05) is 30.3 Å². The predicted molar refractivity (Wildman–Crippen MR) is 101 cm³/mol. The molecule has 0 bridgehead atoms. The molecule has 2 aliphatic rings. The molecule has 0 spiro atoms. The van der Waals surface area contributed by atoms with Crippen LogP contribution in [0.1, 0.15) is 26.3 Å². The number of benzene rings is 1. The van der Waals surface area contributed by atoms with Crippen LogP contribution in [0.2, 0.25) is 0 Å². The van der Waals surface area contributed by atoms with Gasteiger partial charge >= 0.3 is 6.09 Å². The van der Waals surface area contributed by atoms with E-state index in [4.69, 9.17) is 4.74 Å². The van der Waals surface area contributed by atoms with Crippen LogP contribution in [-0.4, -0.2) is 82.9 Å². The summed E-state index contributed by atoms with van der Waals surface area (Å²) in [5.74, 6) is 0. The van der Waals surface area contributed by atoms with E-state index in [-0.39, 0.29) is 17.6 Å². The molecule has 0 saturated carbocycles. The van der Waals surface area contributed by atoms with Gasteiger partial charge in [0.15, 0.2) is 0 Å². The highest BCUT2D eigenvalue weighted by molar-refractivity contribution is 5.65. The number of carboxylic acid groups (broad SMARTS) is 1. The summed E-state index contributed by atoms with van der Waals surface area (Å²) in [5.41, 5.74) is 1.25. The van der Waals surface area contributed by atoms with Crippen LogP contribution in [0.15, 0.2) is 30.3 Å². The first-order valence-electron chi connectivity index (χ1n) is 9.47. The van der Waals surface area contributed by atoms with Crippen molar-refractivity contribution in [2.75, 3.05) is 39.4 Å². The van der Waals surface area contributed by atoms with Crippen molar-refractivity contribution in [3.05, 3.63) is 35.9 Å². The molecule has 2 aliphatic heterocycles. The summed E-state index contributed by atoms with van der Waals surface area (Å²) in [6, 6.07) is 10.6. The molecular weight excluding hydrogens is 330 g/mol. The van der Waals surface area contributed by atoms with E-state index < -0.39 is 6.09 Å². The largest absolute Gasteiger partial charge is 0.465 e. The van der Waals surface area contributed by atoms with Gasteiger partial charge in [-0.25, -0.2) is 4.79 Å². The molecule has 0 aromatic heterocycles. The summed E-state index contributed by atoms with van der Waals surface area (Å²) in [4.78, 5) is 18.2. The summed E-state index contributed by atoms with van der Waals surface area (Å²) in [6.45, 7) is 11.8. The second-order valence-corrected chi connectivity index (χ2v) is 8.16. The van der Waals surface area contributed by atoms with E-state index in [1.807, 2.05) is 13.0 Å². The lowest BCUT2D eigenvalue weighted by Crippen LogP contribution is -2.64. The van der Waals surface area contributed by atoms with Gasteiger partial charge in [0, 0.05) is 50.3 Å². The minimum Gasteiger partial charge on any atom is -0.465 e. The first-order valence-corrected chi connectivity index (χ1v) is 9.47. The van der Waals surface area contributed by atoms with Crippen LogP contribution in [0.5, 0.6) is 0 Å². The van der Waals surface area contributed by atoms with Gasteiger partial charge in [0.25, 0.3) is 0 Å². The van der Waals surface area contributed by atoms with Gasteiger partial charge in [-0.2, -0.15) is 0 Å². The van der Waals surface area contributed by atoms with E-state index in [1.165, 1.54) is 5.56 Å². The zero-order valence-electron chi connectivity index (χ0n) is 16.1. The number of hydrogen-bond acceptors (Lipinski definition) is 4. The Morgan fingerprint density at radius 1 is 1.27 bits per heavy atom. The molecule has 0 aliphatic carbocycles. The van der Waals surface area contributed by atoms with Crippen LogP contribution < -0.4 is 0 Å². The topological polar surface area (TPSA) is 56.2 Å². The number of rotatable bonds is 4. The quantitative estimate of drug-likeness (QED) is 0.892. The van der Waals surface area contributed by atoms with Gasteiger partial charge in [0.1, 0.15) is 0 Å². The number of ether oxygens (including phenoxy) is 1. The van der Waals surface area contributed by atoms with E-state index in [0.717, 1.165) is 39.4 Å². The van der Waals surface area contributed by atoms with Gasteiger partial charge < -0.3 is 14.7 Å². The fraction of sp³-hybridized carbons (Fsp3) is 0.650. The van der Waals surface area contributed by atoms with E-state index in [9.17, 15) is 9.90 Å². The van der Waals surface area contributed by atoms with Crippen molar-refractivity contribution in [3.8, 4) is 0 Å². The molecule has 2 fully saturated rings.